The Labute approximate surface area is 147 Å². The van der Waals surface area contributed by atoms with E-state index in [1.807, 2.05) is 11.8 Å². The molecule has 3 nitrogen and oxygen atoms in total. The average molecular weight is 375 g/mol. The number of halogens is 5. The third kappa shape index (κ3) is 6.37. The Balaban J connectivity index is 0.00000242. The van der Waals surface area contributed by atoms with Crippen LogP contribution in [0.1, 0.15) is 23.6 Å². The van der Waals surface area contributed by atoms with Crippen LogP contribution in [0.5, 0.6) is 5.75 Å². The SMILES string of the molecule is COc1ccc([C@H](CC(F)(F)F)N2CCNCC2)c(C)c1.Cl.Cl. The lowest BCUT2D eigenvalue weighted by molar-refractivity contribution is -0.148. The molecular weight excluding hydrogens is 352 g/mol. The van der Waals surface area contributed by atoms with E-state index in [2.05, 4.69) is 5.32 Å². The van der Waals surface area contributed by atoms with Gasteiger partial charge in [-0.1, -0.05) is 6.07 Å². The molecular formula is C15H23Cl2F3N2O. The molecule has 1 atom stereocenters. The molecule has 0 aliphatic carbocycles. The first-order valence-corrected chi connectivity index (χ1v) is 7.07. The van der Waals surface area contributed by atoms with E-state index in [0.29, 0.717) is 18.8 Å². The van der Waals surface area contributed by atoms with Gasteiger partial charge in [-0.3, -0.25) is 4.90 Å². The predicted molar refractivity (Wildman–Crippen MR) is 90.1 cm³/mol. The van der Waals surface area contributed by atoms with Crippen molar-refractivity contribution in [2.24, 2.45) is 0 Å². The largest absolute Gasteiger partial charge is 0.497 e. The van der Waals surface area contributed by atoms with Crippen molar-refractivity contribution < 1.29 is 17.9 Å². The van der Waals surface area contributed by atoms with Crippen LogP contribution in [0.15, 0.2) is 18.2 Å². The summed E-state index contributed by atoms with van der Waals surface area (Å²) in [5.41, 5.74) is 1.57. The molecule has 0 unspecified atom stereocenters. The number of benzene rings is 1. The maximum absolute atomic E-state index is 13.0. The molecule has 1 aromatic rings. The van der Waals surface area contributed by atoms with Gasteiger partial charge in [-0.05, 0) is 30.2 Å². The van der Waals surface area contributed by atoms with Crippen LogP contribution in [0.2, 0.25) is 0 Å². The second kappa shape index (κ2) is 9.57. The summed E-state index contributed by atoms with van der Waals surface area (Å²) in [6.45, 7) is 4.55. The Morgan fingerprint density at radius 2 is 1.83 bits per heavy atom. The molecule has 0 bridgehead atoms. The topological polar surface area (TPSA) is 24.5 Å². The summed E-state index contributed by atoms with van der Waals surface area (Å²) in [5, 5.41) is 3.17. The third-order valence-corrected chi connectivity index (χ3v) is 3.85. The van der Waals surface area contributed by atoms with Gasteiger partial charge in [-0.15, -0.1) is 24.8 Å². The summed E-state index contributed by atoms with van der Waals surface area (Å²) in [5.74, 6) is 0.669. The maximum Gasteiger partial charge on any atom is 0.390 e. The first-order valence-electron chi connectivity index (χ1n) is 7.07. The van der Waals surface area contributed by atoms with Crippen molar-refractivity contribution in [1.29, 1.82) is 0 Å². The number of piperazine rings is 1. The summed E-state index contributed by atoms with van der Waals surface area (Å²) >= 11 is 0. The van der Waals surface area contributed by atoms with Crippen molar-refractivity contribution in [1.82, 2.24) is 10.2 Å². The maximum atomic E-state index is 13.0. The second-order valence-electron chi connectivity index (χ2n) is 5.34. The smallest absolute Gasteiger partial charge is 0.390 e. The van der Waals surface area contributed by atoms with Gasteiger partial charge in [0.25, 0.3) is 0 Å². The van der Waals surface area contributed by atoms with Crippen molar-refractivity contribution in [3.05, 3.63) is 29.3 Å². The average Bonchev–Trinajstić information content (AvgIpc) is 2.45. The number of methoxy groups -OCH3 is 1. The van der Waals surface area contributed by atoms with Gasteiger partial charge >= 0.3 is 6.18 Å². The Kier molecular flexibility index (Phi) is 9.28. The number of nitrogens with one attached hydrogen (secondary N) is 1. The minimum atomic E-state index is -4.18. The van der Waals surface area contributed by atoms with E-state index >= 15 is 0 Å². The van der Waals surface area contributed by atoms with Gasteiger partial charge in [0, 0.05) is 32.2 Å². The number of aryl methyl sites for hydroxylation is 1. The Bertz CT molecular complexity index is 480. The molecule has 23 heavy (non-hydrogen) atoms. The van der Waals surface area contributed by atoms with Crippen LogP contribution in [0.3, 0.4) is 0 Å². The van der Waals surface area contributed by atoms with Gasteiger partial charge in [0.05, 0.1) is 13.5 Å². The number of hydrogen-bond acceptors (Lipinski definition) is 3. The molecule has 0 amide bonds. The molecule has 0 aromatic heterocycles. The number of alkyl halides is 3. The molecule has 1 heterocycles. The molecule has 1 fully saturated rings. The molecule has 1 aliphatic heterocycles. The fourth-order valence-electron chi connectivity index (χ4n) is 2.80. The predicted octanol–water partition coefficient (Wildman–Crippen LogP) is 3.75. The monoisotopic (exact) mass is 374 g/mol. The first-order chi connectivity index (χ1) is 9.90. The van der Waals surface area contributed by atoms with Crippen LogP contribution in [0.4, 0.5) is 13.2 Å². The molecule has 1 saturated heterocycles. The highest BCUT2D eigenvalue weighted by Crippen LogP contribution is 2.36. The quantitative estimate of drug-likeness (QED) is 0.868. The van der Waals surface area contributed by atoms with Crippen molar-refractivity contribution in [2.45, 2.75) is 25.6 Å². The molecule has 0 radical (unpaired) electrons. The lowest BCUT2D eigenvalue weighted by Crippen LogP contribution is -2.46. The van der Waals surface area contributed by atoms with Gasteiger partial charge < -0.3 is 10.1 Å². The molecule has 0 saturated carbocycles. The molecule has 134 valence electrons. The van der Waals surface area contributed by atoms with Gasteiger partial charge in [-0.25, -0.2) is 0 Å². The van der Waals surface area contributed by atoms with Crippen molar-refractivity contribution in [3.63, 3.8) is 0 Å². The lowest BCUT2D eigenvalue weighted by atomic mass is 9.96. The fourth-order valence-corrected chi connectivity index (χ4v) is 2.80. The van der Waals surface area contributed by atoms with Crippen LogP contribution in [0, 0.1) is 6.92 Å². The summed E-state index contributed by atoms with van der Waals surface area (Å²) in [7, 11) is 1.55. The van der Waals surface area contributed by atoms with E-state index in [0.717, 1.165) is 24.2 Å². The van der Waals surface area contributed by atoms with Gasteiger partial charge in [-0.2, -0.15) is 13.2 Å². The van der Waals surface area contributed by atoms with Crippen LogP contribution in [-0.4, -0.2) is 44.4 Å². The molecule has 8 heteroatoms. The molecule has 1 aromatic carbocycles. The van der Waals surface area contributed by atoms with E-state index in [1.165, 1.54) is 0 Å². The van der Waals surface area contributed by atoms with Crippen molar-refractivity contribution >= 4 is 24.8 Å². The minimum absolute atomic E-state index is 0. The molecule has 2 rings (SSSR count). The lowest BCUT2D eigenvalue weighted by Gasteiger charge is -2.36. The number of nitrogens with zero attached hydrogens (tertiary/aromatic N) is 1. The Hall–Kier alpha value is -0.690. The van der Waals surface area contributed by atoms with Gasteiger partial charge in [0.15, 0.2) is 0 Å². The number of hydrogen-bond donors (Lipinski definition) is 1. The number of ether oxygens (including phenoxy) is 1. The van der Waals surface area contributed by atoms with Crippen molar-refractivity contribution in [2.75, 3.05) is 33.3 Å². The summed E-state index contributed by atoms with van der Waals surface area (Å²) < 4.78 is 44.0. The van der Waals surface area contributed by atoms with Crippen molar-refractivity contribution in [3.8, 4) is 5.75 Å². The molecule has 1 aliphatic rings. The molecule has 0 spiro atoms. The highest BCUT2D eigenvalue weighted by atomic mass is 35.5. The van der Waals surface area contributed by atoms with E-state index in [9.17, 15) is 13.2 Å². The van der Waals surface area contributed by atoms with Crippen LogP contribution in [0.25, 0.3) is 0 Å². The Morgan fingerprint density at radius 3 is 2.30 bits per heavy atom. The number of rotatable bonds is 4. The first kappa shape index (κ1) is 22.3. The minimum Gasteiger partial charge on any atom is -0.497 e. The highest BCUT2D eigenvalue weighted by Gasteiger charge is 2.36. The normalized spacial score (nSPS) is 16.9. The van der Waals surface area contributed by atoms with E-state index in [-0.39, 0.29) is 24.8 Å². The zero-order valence-electron chi connectivity index (χ0n) is 13.2. The fraction of sp³-hybridized carbons (Fsp3) is 0.600. The summed E-state index contributed by atoms with van der Waals surface area (Å²) in [6.07, 6.45) is -5.00. The summed E-state index contributed by atoms with van der Waals surface area (Å²) in [4.78, 5) is 1.92. The van der Waals surface area contributed by atoms with Crippen LogP contribution in [-0.2, 0) is 0 Å². The van der Waals surface area contributed by atoms with Gasteiger partial charge in [0.2, 0.25) is 0 Å². The second-order valence-corrected chi connectivity index (χ2v) is 5.34. The van der Waals surface area contributed by atoms with Gasteiger partial charge in [0.1, 0.15) is 5.75 Å². The van der Waals surface area contributed by atoms with E-state index in [4.69, 9.17) is 4.74 Å². The standard InChI is InChI=1S/C15H21F3N2O.2ClH/c1-11-9-12(21-2)3-4-13(11)14(10-15(16,17)18)20-7-5-19-6-8-20;;/h3-4,9,14,19H,5-8,10H2,1-2H3;2*1H/t14-;;/m0../s1. The van der Waals surface area contributed by atoms with Crippen LogP contribution >= 0.6 is 24.8 Å². The Morgan fingerprint density at radius 1 is 1.22 bits per heavy atom. The molecule has 1 N–H and O–H groups in total. The third-order valence-electron chi connectivity index (χ3n) is 3.85. The zero-order valence-corrected chi connectivity index (χ0v) is 14.8. The van der Waals surface area contributed by atoms with E-state index < -0.39 is 18.6 Å². The highest BCUT2D eigenvalue weighted by molar-refractivity contribution is 5.85. The summed E-state index contributed by atoms with van der Waals surface area (Å²) in [6, 6.07) is 4.65. The van der Waals surface area contributed by atoms with Crippen LogP contribution < -0.4 is 10.1 Å². The van der Waals surface area contributed by atoms with E-state index in [1.54, 1.807) is 25.3 Å². The zero-order chi connectivity index (χ0) is 15.5.